The Balaban J connectivity index is 1.07. The van der Waals surface area contributed by atoms with E-state index in [4.69, 9.17) is 13.3 Å². The summed E-state index contributed by atoms with van der Waals surface area (Å²) in [6.45, 7) is 0. The van der Waals surface area contributed by atoms with Crippen molar-refractivity contribution in [3.8, 4) is 11.1 Å². The molecule has 0 amide bonds. The lowest BCUT2D eigenvalue weighted by Gasteiger charge is -2.40. The predicted octanol–water partition coefficient (Wildman–Crippen LogP) is 11.2. The Morgan fingerprint density at radius 1 is 0.353 bits per heavy atom. The van der Waals surface area contributed by atoms with Crippen LogP contribution in [0.1, 0.15) is 35.2 Å². The number of furan rings is 3. The fourth-order valence-electron chi connectivity index (χ4n) is 8.10. The molecule has 1 aliphatic rings. The Morgan fingerprint density at radius 2 is 0.941 bits per heavy atom. The third-order valence-corrected chi connectivity index (χ3v) is 10.4. The van der Waals surface area contributed by atoms with Crippen LogP contribution in [-0.2, 0) is 0 Å². The maximum Gasteiger partial charge on any atom is 0.143 e. The van der Waals surface area contributed by atoms with Gasteiger partial charge in [0.2, 0.25) is 0 Å². The second-order valence-corrected chi connectivity index (χ2v) is 13.3. The molecule has 244 valence electrons. The molecule has 6 heteroatoms. The van der Waals surface area contributed by atoms with Gasteiger partial charge in [-0.15, -0.1) is 0 Å². The molecule has 0 spiro atoms. The van der Waals surface area contributed by atoms with Crippen molar-refractivity contribution in [2.75, 3.05) is 0 Å². The zero-order valence-electron chi connectivity index (χ0n) is 27.4. The number of para-hydroxylation sites is 3. The van der Waals surface area contributed by atoms with Crippen molar-refractivity contribution in [1.82, 2.24) is 16.0 Å². The quantitative estimate of drug-likeness (QED) is 0.174. The van der Waals surface area contributed by atoms with E-state index < -0.39 is 0 Å². The number of rotatable bonds is 4. The van der Waals surface area contributed by atoms with Crippen LogP contribution in [0.15, 0.2) is 165 Å². The van der Waals surface area contributed by atoms with Crippen LogP contribution in [0.4, 0.5) is 0 Å². The molecule has 0 saturated carbocycles. The number of hydrogen-bond acceptors (Lipinski definition) is 6. The summed E-state index contributed by atoms with van der Waals surface area (Å²) in [5.74, 6) is 0. The van der Waals surface area contributed by atoms with Gasteiger partial charge in [-0.2, -0.15) is 0 Å². The van der Waals surface area contributed by atoms with Crippen LogP contribution in [0.25, 0.3) is 76.9 Å². The molecule has 0 bridgehead atoms. The van der Waals surface area contributed by atoms with Gasteiger partial charge in [0.05, 0.1) is 18.5 Å². The largest absolute Gasteiger partial charge is 0.456 e. The first-order valence-corrected chi connectivity index (χ1v) is 17.4. The van der Waals surface area contributed by atoms with Gasteiger partial charge >= 0.3 is 0 Å². The molecule has 0 radical (unpaired) electrons. The molecule has 11 rings (SSSR count). The Hall–Kier alpha value is -6.18. The molecule has 51 heavy (non-hydrogen) atoms. The summed E-state index contributed by atoms with van der Waals surface area (Å²) in [4.78, 5) is 0. The lowest BCUT2D eigenvalue weighted by Crippen LogP contribution is -2.54. The van der Waals surface area contributed by atoms with E-state index in [0.29, 0.717) is 0 Å². The Labute approximate surface area is 292 Å². The topological polar surface area (TPSA) is 75.5 Å². The summed E-state index contributed by atoms with van der Waals surface area (Å²) in [7, 11) is 0. The third-order valence-electron chi connectivity index (χ3n) is 10.4. The van der Waals surface area contributed by atoms with Crippen LogP contribution >= 0.6 is 0 Å². The molecule has 1 aliphatic heterocycles. The lowest BCUT2D eigenvalue weighted by molar-refractivity contribution is 0.204. The van der Waals surface area contributed by atoms with Crippen molar-refractivity contribution in [1.29, 1.82) is 0 Å². The highest BCUT2D eigenvalue weighted by atomic mass is 16.3. The van der Waals surface area contributed by atoms with Gasteiger partial charge in [0.15, 0.2) is 0 Å². The first kappa shape index (κ1) is 28.6. The highest BCUT2D eigenvalue weighted by molar-refractivity contribution is 6.17. The summed E-state index contributed by atoms with van der Waals surface area (Å²) in [5.41, 5.74) is 10.8. The van der Waals surface area contributed by atoms with Crippen molar-refractivity contribution >= 4 is 65.8 Å². The summed E-state index contributed by atoms with van der Waals surface area (Å²) >= 11 is 0. The van der Waals surface area contributed by atoms with E-state index in [0.717, 1.165) is 93.6 Å². The van der Waals surface area contributed by atoms with E-state index in [2.05, 4.69) is 137 Å². The second kappa shape index (κ2) is 11.2. The van der Waals surface area contributed by atoms with Gasteiger partial charge in [0.1, 0.15) is 33.5 Å². The highest BCUT2D eigenvalue weighted by Gasteiger charge is 2.32. The number of nitrogens with one attached hydrogen (secondary N) is 3. The summed E-state index contributed by atoms with van der Waals surface area (Å²) < 4.78 is 19.3. The Kier molecular flexibility index (Phi) is 6.27. The average Bonchev–Trinajstić information content (AvgIpc) is 3.89. The van der Waals surface area contributed by atoms with Gasteiger partial charge in [0.25, 0.3) is 0 Å². The van der Waals surface area contributed by atoms with Gasteiger partial charge in [0, 0.05) is 37.9 Å². The van der Waals surface area contributed by atoms with Gasteiger partial charge in [-0.25, -0.2) is 0 Å². The Bertz CT molecular complexity index is 2940. The van der Waals surface area contributed by atoms with Crippen LogP contribution in [0.3, 0.4) is 0 Å². The molecule has 3 atom stereocenters. The SMILES string of the molecule is c1ccc(C2NC(c3ccc4oc5cccc(-c6cccc7c6oc6ccccc67)c5c4c3)NC(c3cccc4oc5ccccc5c34)N2)cc1. The van der Waals surface area contributed by atoms with Gasteiger partial charge in [-0.1, -0.05) is 115 Å². The lowest BCUT2D eigenvalue weighted by atomic mass is 9.96. The molecule has 7 aromatic carbocycles. The molecule has 6 nitrogen and oxygen atoms in total. The summed E-state index contributed by atoms with van der Waals surface area (Å²) in [6.07, 6.45) is -0.478. The van der Waals surface area contributed by atoms with E-state index in [-0.39, 0.29) is 18.5 Å². The minimum atomic E-state index is -0.185. The molecular formula is C45H31N3O3. The monoisotopic (exact) mass is 661 g/mol. The molecule has 1 fully saturated rings. The minimum absolute atomic E-state index is 0.117. The van der Waals surface area contributed by atoms with E-state index >= 15 is 0 Å². The van der Waals surface area contributed by atoms with E-state index in [1.54, 1.807) is 0 Å². The van der Waals surface area contributed by atoms with E-state index in [1.165, 1.54) is 0 Å². The molecule has 3 unspecified atom stereocenters. The molecule has 10 aromatic rings. The smallest absolute Gasteiger partial charge is 0.143 e. The van der Waals surface area contributed by atoms with Crippen LogP contribution in [0, 0.1) is 0 Å². The van der Waals surface area contributed by atoms with Crippen molar-refractivity contribution in [3.63, 3.8) is 0 Å². The van der Waals surface area contributed by atoms with E-state index in [9.17, 15) is 0 Å². The van der Waals surface area contributed by atoms with Crippen molar-refractivity contribution < 1.29 is 13.3 Å². The maximum absolute atomic E-state index is 6.49. The fourth-order valence-corrected chi connectivity index (χ4v) is 8.10. The second-order valence-electron chi connectivity index (χ2n) is 13.3. The molecule has 4 heterocycles. The zero-order chi connectivity index (χ0) is 33.5. The zero-order valence-corrected chi connectivity index (χ0v) is 27.4. The molecule has 3 aromatic heterocycles. The third kappa shape index (κ3) is 4.48. The summed E-state index contributed by atoms with van der Waals surface area (Å²) in [6, 6.07) is 52.6. The average molecular weight is 662 g/mol. The van der Waals surface area contributed by atoms with Crippen molar-refractivity contribution in [3.05, 3.63) is 168 Å². The number of fused-ring (bicyclic) bond motifs is 9. The van der Waals surface area contributed by atoms with Crippen LogP contribution < -0.4 is 16.0 Å². The van der Waals surface area contributed by atoms with Crippen molar-refractivity contribution in [2.45, 2.75) is 18.5 Å². The van der Waals surface area contributed by atoms with Crippen molar-refractivity contribution in [2.24, 2.45) is 0 Å². The van der Waals surface area contributed by atoms with Crippen LogP contribution in [0.2, 0.25) is 0 Å². The highest BCUT2D eigenvalue weighted by Crippen LogP contribution is 2.43. The van der Waals surface area contributed by atoms with Crippen LogP contribution in [0.5, 0.6) is 0 Å². The molecule has 0 aliphatic carbocycles. The summed E-state index contributed by atoms with van der Waals surface area (Å²) in [5, 5.41) is 18.2. The molecule has 1 saturated heterocycles. The minimum Gasteiger partial charge on any atom is -0.456 e. The first-order chi connectivity index (χ1) is 25.3. The Morgan fingerprint density at radius 3 is 1.78 bits per heavy atom. The van der Waals surface area contributed by atoms with Crippen LogP contribution in [-0.4, -0.2) is 0 Å². The van der Waals surface area contributed by atoms with Gasteiger partial charge in [-0.05, 0) is 58.7 Å². The first-order valence-electron chi connectivity index (χ1n) is 17.4. The normalized spacial score (nSPS) is 18.2. The molecular weight excluding hydrogens is 631 g/mol. The number of benzene rings is 7. The number of hydrogen-bond donors (Lipinski definition) is 3. The maximum atomic E-state index is 6.49. The predicted molar refractivity (Wildman–Crippen MR) is 204 cm³/mol. The van der Waals surface area contributed by atoms with Gasteiger partial charge in [-0.3, -0.25) is 16.0 Å². The molecule has 3 N–H and O–H groups in total. The standard InChI is InChI=1S/C45H31N3O3/c1-2-11-26(12-3-1)43-46-44(48-45(47-43)33-18-10-22-39-41(33)32-14-5-7-20-36(32)49-39)27-23-24-37-34(25-27)40-29(15-9-21-38(40)50-37)31-17-8-16-30-28-13-4-6-19-35(28)51-42(30)31/h1-25,43-48H. The fraction of sp³-hybridized carbons (Fsp3) is 0.0667. The van der Waals surface area contributed by atoms with E-state index in [1.807, 2.05) is 30.3 Å². The van der Waals surface area contributed by atoms with Gasteiger partial charge < -0.3 is 13.3 Å².